The number of ether oxygens (including phenoxy) is 1. The normalized spacial score (nSPS) is 10.4. The minimum atomic E-state index is -0.318. The van der Waals surface area contributed by atoms with Crippen LogP contribution in [0.5, 0.6) is 0 Å². The van der Waals surface area contributed by atoms with E-state index in [1.165, 1.54) is 5.56 Å². The van der Waals surface area contributed by atoms with Gasteiger partial charge in [0.05, 0.1) is 17.9 Å². The fraction of sp³-hybridized carbons (Fsp3) is 0.360. The number of carbonyl (C=O) groups excluding carboxylic acids is 3. The first-order valence-corrected chi connectivity index (χ1v) is 11.5. The summed E-state index contributed by atoms with van der Waals surface area (Å²) in [6.07, 6.45) is 2.27. The van der Waals surface area contributed by atoms with Crippen molar-refractivity contribution >= 4 is 40.8 Å². The molecule has 3 N–H and O–H groups in total. The van der Waals surface area contributed by atoms with Crippen molar-refractivity contribution in [2.75, 3.05) is 11.9 Å². The van der Waals surface area contributed by atoms with Crippen LogP contribution in [0.3, 0.4) is 0 Å². The van der Waals surface area contributed by atoms with Gasteiger partial charge in [0, 0.05) is 18.9 Å². The van der Waals surface area contributed by atoms with Gasteiger partial charge in [0.2, 0.25) is 5.91 Å². The van der Waals surface area contributed by atoms with Crippen LogP contribution in [-0.4, -0.2) is 35.5 Å². The predicted octanol–water partition coefficient (Wildman–Crippen LogP) is 3.98. The van der Waals surface area contributed by atoms with Gasteiger partial charge in [-0.1, -0.05) is 42.5 Å². The lowest BCUT2D eigenvalue weighted by atomic mass is 10.1. The van der Waals surface area contributed by atoms with E-state index >= 15 is 0 Å². The molecule has 2 aromatic rings. The van der Waals surface area contributed by atoms with Crippen molar-refractivity contribution in [2.24, 2.45) is 0 Å². The highest BCUT2D eigenvalue weighted by atomic mass is 32.1. The van der Waals surface area contributed by atoms with Gasteiger partial charge in [0.15, 0.2) is 5.11 Å². The number of thiocarbonyl (C=S) groups is 1. The molecule has 0 spiro atoms. The highest BCUT2D eigenvalue weighted by Gasteiger charge is 2.14. The fourth-order valence-electron chi connectivity index (χ4n) is 3.05. The van der Waals surface area contributed by atoms with Crippen LogP contribution < -0.4 is 16.0 Å². The van der Waals surface area contributed by atoms with E-state index < -0.39 is 0 Å². The van der Waals surface area contributed by atoms with Crippen molar-refractivity contribution in [3.8, 4) is 0 Å². The lowest BCUT2D eigenvalue weighted by Crippen LogP contribution is -2.35. The van der Waals surface area contributed by atoms with E-state index in [0.29, 0.717) is 24.3 Å². The van der Waals surface area contributed by atoms with Crippen LogP contribution in [0.4, 0.5) is 5.69 Å². The van der Waals surface area contributed by atoms with Gasteiger partial charge in [0.25, 0.3) is 5.91 Å². The molecule has 0 aromatic heterocycles. The summed E-state index contributed by atoms with van der Waals surface area (Å²) >= 11 is 5.19. The monoisotopic (exact) mass is 469 g/mol. The molecule has 2 amide bonds. The van der Waals surface area contributed by atoms with Gasteiger partial charge in [-0.2, -0.15) is 0 Å². The summed E-state index contributed by atoms with van der Waals surface area (Å²) in [6, 6.07) is 16.9. The molecular weight excluding hydrogens is 438 g/mol. The van der Waals surface area contributed by atoms with Gasteiger partial charge < -0.3 is 20.7 Å². The van der Waals surface area contributed by atoms with Gasteiger partial charge in [-0.15, -0.1) is 0 Å². The number of carbonyl (C=O) groups is 3. The second kappa shape index (κ2) is 14.0. The van der Waals surface area contributed by atoms with E-state index in [2.05, 4.69) is 16.0 Å². The van der Waals surface area contributed by atoms with Crippen molar-refractivity contribution in [2.45, 2.75) is 52.0 Å². The molecule has 33 heavy (non-hydrogen) atoms. The molecule has 0 heterocycles. The molecule has 8 heteroatoms. The Labute approximate surface area is 200 Å². The van der Waals surface area contributed by atoms with Crippen LogP contribution in [0.1, 0.15) is 55.5 Å². The third-order valence-corrected chi connectivity index (χ3v) is 4.80. The van der Waals surface area contributed by atoms with Gasteiger partial charge in [0.1, 0.15) is 0 Å². The molecule has 0 bridgehead atoms. The van der Waals surface area contributed by atoms with E-state index in [-0.39, 0.29) is 41.8 Å². The van der Waals surface area contributed by atoms with Crippen LogP contribution in [0.25, 0.3) is 0 Å². The lowest BCUT2D eigenvalue weighted by molar-refractivity contribution is -0.143. The summed E-state index contributed by atoms with van der Waals surface area (Å²) in [5.74, 6) is -0.861. The molecule has 0 radical (unpaired) electrons. The standard InChI is InChI=1S/C25H31N3O4S/c1-18(2)26-24(31)20-13-6-7-14-21(20)27-25(33)28-22(29)15-8-16-23(30)32-17-9-12-19-10-4-3-5-11-19/h3-7,10-11,13-14,18H,8-9,12,15-17H2,1-2H3,(H,26,31)(H2,27,28,29,33). The fourth-order valence-corrected chi connectivity index (χ4v) is 3.27. The second-order valence-electron chi connectivity index (χ2n) is 7.84. The Morgan fingerprint density at radius 3 is 2.36 bits per heavy atom. The summed E-state index contributed by atoms with van der Waals surface area (Å²) in [5.41, 5.74) is 2.14. The van der Waals surface area contributed by atoms with Crippen LogP contribution in [0, 0.1) is 0 Å². The van der Waals surface area contributed by atoms with Crippen LogP contribution in [0.15, 0.2) is 54.6 Å². The molecule has 0 aliphatic heterocycles. The van der Waals surface area contributed by atoms with E-state index in [1.807, 2.05) is 44.2 Å². The maximum Gasteiger partial charge on any atom is 0.305 e. The molecule has 176 valence electrons. The van der Waals surface area contributed by atoms with Crippen LogP contribution in [-0.2, 0) is 20.7 Å². The van der Waals surface area contributed by atoms with E-state index in [4.69, 9.17) is 17.0 Å². The molecule has 7 nitrogen and oxygen atoms in total. The molecule has 0 atom stereocenters. The van der Waals surface area contributed by atoms with E-state index in [1.54, 1.807) is 24.3 Å². The summed E-state index contributed by atoms with van der Waals surface area (Å²) < 4.78 is 5.22. The summed E-state index contributed by atoms with van der Waals surface area (Å²) in [4.78, 5) is 36.3. The third kappa shape index (κ3) is 10.3. The molecule has 0 aliphatic carbocycles. The second-order valence-corrected chi connectivity index (χ2v) is 8.25. The number of amides is 2. The van der Waals surface area contributed by atoms with Crippen molar-refractivity contribution in [1.29, 1.82) is 0 Å². The smallest absolute Gasteiger partial charge is 0.305 e. The Bertz CT molecular complexity index is 948. The number of rotatable bonds is 11. The topological polar surface area (TPSA) is 96.5 Å². The molecule has 0 fully saturated rings. The molecular formula is C25H31N3O4S. The first-order valence-electron chi connectivity index (χ1n) is 11.1. The van der Waals surface area contributed by atoms with E-state index in [0.717, 1.165) is 12.8 Å². The minimum absolute atomic E-state index is 0.00670. The number of esters is 1. The quantitative estimate of drug-likeness (QED) is 0.262. The Kier molecular flexibility index (Phi) is 11.0. The first kappa shape index (κ1) is 26.0. The van der Waals surface area contributed by atoms with Gasteiger partial charge in [-0.05, 0) is 63.0 Å². The number of hydrogen-bond acceptors (Lipinski definition) is 5. The molecule has 2 rings (SSSR count). The predicted molar refractivity (Wildman–Crippen MR) is 133 cm³/mol. The molecule has 0 unspecified atom stereocenters. The minimum Gasteiger partial charge on any atom is -0.466 e. The highest BCUT2D eigenvalue weighted by molar-refractivity contribution is 7.80. The number of hydrogen-bond donors (Lipinski definition) is 3. The van der Waals surface area contributed by atoms with Crippen LogP contribution in [0.2, 0.25) is 0 Å². The van der Waals surface area contributed by atoms with Gasteiger partial charge in [-0.3, -0.25) is 14.4 Å². The average Bonchev–Trinajstić information content (AvgIpc) is 2.77. The average molecular weight is 470 g/mol. The molecule has 0 saturated heterocycles. The first-order chi connectivity index (χ1) is 15.8. The summed E-state index contributed by atoms with van der Waals surface area (Å²) in [7, 11) is 0. The molecule has 0 aliphatic rings. The van der Waals surface area contributed by atoms with Crippen molar-refractivity contribution in [3.63, 3.8) is 0 Å². The number of nitrogens with one attached hydrogen (secondary N) is 3. The van der Waals surface area contributed by atoms with Crippen LogP contribution >= 0.6 is 12.2 Å². The SMILES string of the molecule is CC(C)NC(=O)c1ccccc1NC(=S)NC(=O)CCCC(=O)OCCCc1ccccc1. The Hall–Kier alpha value is -3.26. The third-order valence-electron chi connectivity index (χ3n) is 4.59. The lowest BCUT2D eigenvalue weighted by Gasteiger charge is -2.14. The Balaban J connectivity index is 1.66. The molecule has 2 aromatic carbocycles. The maximum atomic E-state index is 12.3. The van der Waals surface area contributed by atoms with Crippen molar-refractivity contribution in [3.05, 3.63) is 65.7 Å². The Morgan fingerprint density at radius 1 is 0.939 bits per heavy atom. The number of para-hydroxylation sites is 1. The zero-order valence-electron chi connectivity index (χ0n) is 19.1. The van der Waals surface area contributed by atoms with Gasteiger partial charge in [-0.25, -0.2) is 0 Å². The van der Waals surface area contributed by atoms with Gasteiger partial charge >= 0.3 is 5.97 Å². The Morgan fingerprint density at radius 2 is 1.64 bits per heavy atom. The zero-order valence-corrected chi connectivity index (χ0v) is 19.9. The largest absolute Gasteiger partial charge is 0.466 e. The summed E-state index contributed by atoms with van der Waals surface area (Å²) in [5, 5.41) is 8.38. The maximum absolute atomic E-state index is 12.3. The molecule has 0 saturated carbocycles. The van der Waals surface area contributed by atoms with E-state index in [9.17, 15) is 14.4 Å². The summed E-state index contributed by atoms with van der Waals surface area (Å²) in [6.45, 7) is 4.11. The van der Waals surface area contributed by atoms with Crippen molar-refractivity contribution in [1.82, 2.24) is 10.6 Å². The number of benzene rings is 2. The van der Waals surface area contributed by atoms with Crippen molar-refractivity contribution < 1.29 is 19.1 Å². The highest BCUT2D eigenvalue weighted by Crippen LogP contribution is 2.15. The number of aryl methyl sites for hydroxylation is 1. The number of anilines is 1. The zero-order chi connectivity index (χ0) is 24.1.